The van der Waals surface area contributed by atoms with Gasteiger partial charge >= 0.3 is 0 Å². The summed E-state index contributed by atoms with van der Waals surface area (Å²) >= 11 is 1.74. The van der Waals surface area contributed by atoms with Crippen LogP contribution in [0.4, 0.5) is 5.13 Å². The van der Waals surface area contributed by atoms with Crippen molar-refractivity contribution < 1.29 is 4.79 Å². The van der Waals surface area contributed by atoms with Gasteiger partial charge in [0.2, 0.25) is 11.0 Å². The number of hydrogen-bond donors (Lipinski definition) is 0. The summed E-state index contributed by atoms with van der Waals surface area (Å²) in [7, 11) is 1.98. The Balaban J connectivity index is 1.16. The molecule has 8 aliphatic rings. The van der Waals surface area contributed by atoms with Gasteiger partial charge in [0.15, 0.2) is 0 Å². The van der Waals surface area contributed by atoms with Crippen LogP contribution in [0, 0.1) is 40.9 Å². The smallest absolute Gasteiger partial charge is 0.234 e. The average molecular weight is 412 g/mol. The minimum Gasteiger partial charge on any atom is -0.289 e. The second-order valence-corrected chi connectivity index (χ2v) is 13.1. The van der Waals surface area contributed by atoms with Crippen LogP contribution in [0.1, 0.15) is 82.1 Å². The Morgan fingerprint density at radius 2 is 1.24 bits per heavy atom. The quantitative estimate of drug-likeness (QED) is 0.688. The highest BCUT2D eigenvalue weighted by Gasteiger charge is 2.56. The van der Waals surface area contributed by atoms with Gasteiger partial charge < -0.3 is 0 Å². The maximum Gasteiger partial charge on any atom is 0.234 e. The molecule has 29 heavy (non-hydrogen) atoms. The fraction of sp³-hybridized carbons (Fsp3) is 0.875. The van der Waals surface area contributed by atoms with Gasteiger partial charge in [-0.2, -0.15) is 0 Å². The molecule has 1 heterocycles. The molecule has 1 aromatic heterocycles. The van der Waals surface area contributed by atoms with Crippen molar-refractivity contribution >= 4 is 22.4 Å². The SMILES string of the molecule is CN(C(=O)C12CC3CC(CC(C3)C1)C2)c1nnc(C23CC4CC(CC(C4)C2)C3)s1. The van der Waals surface area contributed by atoms with E-state index in [1.165, 1.54) is 62.8 Å². The Kier molecular flexibility index (Phi) is 3.56. The van der Waals surface area contributed by atoms with Crippen molar-refractivity contribution in [3.05, 3.63) is 5.01 Å². The summed E-state index contributed by atoms with van der Waals surface area (Å²) in [4.78, 5) is 15.6. The van der Waals surface area contributed by atoms with Gasteiger partial charge in [0, 0.05) is 12.5 Å². The van der Waals surface area contributed by atoms with Gasteiger partial charge in [0.25, 0.3) is 0 Å². The third-order valence-corrected chi connectivity index (χ3v) is 11.2. The van der Waals surface area contributed by atoms with Gasteiger partial charge in [-0.15, -0.1) is 10.2 Å². The zero-order chi connectivity index (χ0) is 19.4. The molecule has 0 saturated heterocycles. The van der Waals surface area contributed by atoms with Crippen LogP contribution in [0.5, 0.6) is 0 Å². The number of carbonyl (C=O) groups is 1. The van der Waals surface area contributed by atoms with Crippen LogP contribution in [-0.4, -0.2) is 23.2 Å². The van der Waals surface area contributed by atoms with Crippen molar-refractivity contribution in [3.63, 3.8) is 0 Å². The van der Waals surface area contributed by atoms with Crippen LogP contribution in [0.25, 0.3) is 0 Å². The van der Waals surface area contributed by atoms with E-state index in [9.17, 15) is 4.79 Å². The molecule has 8 bridgehead atoms. The van der Waals surface area contributed by atoms with Gasteiger partial charge in [0.05, 0.1) is 5.41 Å². The Labute approximate surface area is 177 Å². The van der Waals surface area contributed by atoms with Gasteiger partial charge in [-0.05, 0) is 113 Å². The molecule has 0 atom stereocenters. The number of hydrogen-bond acceptors (Lipinski definition) is 4. The summed E-state index contributed by atoms with van der Waals surface area (Å²) < 4.78 is 0. The van der Waals surface area contributed by atoms with Crippen LogP contribution in [0.15, 0.2) is 0 Å². The van der Waals surface area contributed by atoms with E-state index in [2.05, 4.69) is 5.10 Å². The van der Waals surface area contributed by atoms with Gasteiger partial charge in [-0.25, -0.2) is 0 Å². The maximum atomic E-state index is 13.7. The average Bonchev–Trinajstić information content (AvgIpc) is 3.16. The van der Waals surface area contributed by atoms with E-state index in [0.29, 0.717) is 5.91 Å². The first-order valence-electron chi connectivity index (χ1n) is 12.1. The van der Waals surface area contributed by atoms with E-state index >= 15 is 0 Å². The molecule has 0 N–H and O–H groups in total. The molecule has 8 aliphatic carbocycles. The van der Waals surface area contributed by atoms with Crippen molar-refractivity contribution in [3.8, 4) is 0 Å². The normalized spacial score (nSPS) is 49.0. The fourth-order valence-corrected chi connectivity index (χ4v) is 10.8. The summed E-state index contributed by atoms with van der Waals surface area (Å²) in [6, 6.07) is 0. The second kappa shape index (κ2) is 5.83. The van der Waals surface area contributed by atoms with E-state index < -0.39 is 0 Å². The predicted octanol–water partition coefficient (Wildman–Crippen LogP) is 5.19. The van der Waals surface area contributed by atoms with Crippen LogP contribution >= 0.6 is 11.3 Å². The van der Waals surface area contributed by atoms with Crippen molar-refractivity contribution in [2.45, 2.75) is 82.5 Å². The van der Waals surface area contributed by atoms with Crippen LogP contribution in [0.2, 0.25) is 0 Å². The van der Waals surface area contributed by atoms with Gasteiger partial charge in [0.1, 0.15) is 5.01 Å². The molecule has 8 saturated carbocycles. The Bertz CT molecular complexity index is 789. The number of carbonyl (C=O) groups excluding carboxylic acids is 1. The summed E-state index contributed by atoms with van der Waals surface area (Å²) in [5.41, 5.74) is 0.200. The van der Waals surface area contributed by atoms with Crippen LogP contribution in [-0.2, 0) is 10.2 Å². The summed E-state index contributed by atoms with van der Waals surface area (Å²) in [5, 5.41) is 11.4. The summed E-state index contributed by atoms with van der Waals surface area (Å²) in [6.45, 7) is 0. The molecule has 0 aromatic carbocycles. The molecule has 0 aliphatic heterocycles. The first kappa shape index (κ1) is 17.7. The van der Waals surface area contributed by atoms with Crippen LogP contribution in [0.3, 0.4) is 0 Å². The molecule has 0 radical (unpaired) electrons. The lowest BCUT2D eigenvalue weighted by Crippen LogP contribution is -2.54. The molecule has 4 nitrogen and oxygen atoms in total. The lowest BCUT2D eigenvalue weighted by Gasteiger charge is -2.56. The van der Waals surface area contributed by atoms with E-state index in [1.54, 1.807) is 11.3 Å². The highest BCUT2D eigenvalue weighted by molar-refractivity contribution is 7.15. The Morgan fingerprint density at radius 1 is 0.793 bits per heavy atom. The molecular weight excluding hydrogens is 378 g/mol. The van der Waals surface area contributed by atoms with E-state index in [-0.39, 0.29) is 10.8 Å². The minimum atomic E-state index is -0.0873. The molecule has 5 heteroatoms. The summed E-state index contributed by atoms with van der Waals surface area (Å²) in [6.07, 6.45) is 15.8. The molecule has 8 fully saturated rings. The highest BCUT2D eigenvalue weighted by Crippen LogP contribution is 2.62. The fourth-order valence-electron chi connectivity index (χ4n) is 9.75. The van der Waals surface area contributed by atoms with E-state index in [0.717, 1.165) is 59.9 Å². The highest BCUT2D eigenvalue weighted by atomic mass is 32.1. The Hall–Kier alpha value is -0.970. The van der Waals surface area contributed by atoms with Crippen molar-refractivity contribution in [2.75, 3.05) is 11.9 Å². The van der Waals surface area contributed by atoms with Crippen molar-refractivity contribution in [2.24, 2.45) is 40.9 Å². The van der Waals surface area contributed by atoms with Crippen molar-refractivity contribution in [1.29, 1.82) is 0 Å². The number of aromatic nitrogens is 2. The zero-order valence-corrected chi connectivity index (χ0v) is 18.4. The molecule has 0 spiro atoms. The number of amides is 1. The van der Waals surface area contributed by atoms with Gasteiger partial charge in [-0.1, -0.05) is 11.3 Å². The van der Waals surface area contributed by atoms with Crippen LogP contribution < -0.4 is 4.90 Å². The number of anilines is 1. The molecule has 9 rings (SSSR count). The van der Waals surface area contributed by atoms with E-state index in [4.69, 9.17) is 5.10 Å². The second-order valence-electron chi connectivity index (χ2n) is 12.1. The monoisotopic (exact) mass is 411 g/mol. The third kappa shape index (κ3) is 2.52. The lowest BCUT2D eigenvalue weighted by molar-refractivity contribution is -0.143. The molecular formula is C24H33N3OS. The maximum absolute atomic E-state index is 13.7. The minimum absolute atomic E-state index is 0.0873. The van der Waals surface area contributed by atoms with Gasteiger partial charge in [-0.3, -0.25) is 9.69 Å². The first-order valence-corrected chi connectivity index (χ1v) is 12.9. The largest absolute Gasteiger partial charge is 0.289 e. The third-order valence-electron chi connectivity index (χ3n) is 9.99. The first-order chi connectivity index (χ1) is 14.0. The van der Waals surface area contributed by atoms with Crippen molar-refractivity contribution in [1.82, 2.24) is 10.2 Å². The topological polar surface area (TPSA) is 46.1 Å². The molecule has 1 aromatic rings. The summed E-state index contributed by atoms with van der Waals surface area (Å²) in [5.74, 6) is 5.51. The molecule has 156 valence electrons. The zero-order valence-electron chi connectivity index (χ0n) is 17.6. The standard InChI is InChI=1S/C24H33N3OS/c1-27(21(28)24-11-17-5-18(12-24)7-19(6-17)13-24)22-26-25-20(29-22)23-8-14-2-15(9-23)4-16(3-14)10-23/h14-19H,2-13H2,1H3. The molecule has 1 amide bonds. The lowest BCUT2D eigenvalue weighted by atomic mass is 9.49. The molecule has 0 unspecified atom stereocenters. The number of rotatable bonds is 3. The predicted molar refractivity (Wildman–Crippen MR) is 114 cm³/mol. The Morgan fingerprint density at radius 3 is 1.72 bits per heavy atom. The van der Waals surface area contributed by atoms with E-state index in [1.807, 2.05) is 11.9 Å². The number of nitrogens with zero attached hydrogens (tertiary/aromatic N) is 3.